The first-order valence-corrected chi connectivity index (χ1v) is 10.4. The quantitative estimate of drug-likeness (QED) is 0.466. The molecule has 0 radical (unpaired) electrons. The van der Waals surface area contributed by atoms with Crippen LogP contribution in [0.5, 0.6) is 0 Å². The standard InChI is InChI=1S/C21H16BrN5S/c22-16-10-12-17(13-11-16)26-14-27(21-23-18-8-4-5-9-19(18)28-21)25-20(24-26)15-6-2-1-3-7-15/h1-13H,14H2,(H,24,25). The third kappa shape index (κ3) is 3.34. The number of hydrogen-bond donors (Lipinski definition) is 1. The van der Waals surface area contributed by atoms with Crippen molar-refractivity contribution >= 4 is 54.1 Å². The van der Waals surface area contributed by atoms with Gasteiger partial charge in [0.1, 0.15) is 6.67 Å². The van der Waals surface area contributed by atoms with Gasteiger partial charge in [0.15, 0.2) is 5.84 Å². The third-order valence-corrected chi connectivity index (χ3v) is 6.01. The van der Waals surface area contributed by atoms with E-state index >= 15 is 0 Å². The number of hydrogen-bond acceptors (Lipinski definition) is 6. The lowest BCUT2D eigenvalue weighted by molar-refractivity contribution is 0.677. The van der Waals surface area contributed by atoms with Gasteiger partial charge in [0.2, 0.25) is 5.13 Å². The van der Waals surface area contributed by atoms with Crippen LogP contribution in [0.15, 0.2) is 88.4 Å². The second-order valence-electron chi connectivity index (χ2n) is 6.34. The first kappa shape index (κ1) is 17.2. The second-order valence-corrected chi connectivity index (χ2v) is 8.26. The summed E-state index contributed by atoms with van der Waals surface area (Å²) >= 11 is 5.16. The Bertz CT molecular complexity index is 1110. The summed E-state index contributed by atoms with van der Waals surface area (Å²) in [5.41, 5.74) is 6.48. The number of benzene rings is 3. The van der Waals surface area contributed by atoms with E-state index in [0.29, 0.717) is 6.67 Å². The zero-order valence-electron chi connectivity index (χ0n) is 14.8. The van der Waals surface area contributed by atoms with E-state index in [-0.39, 0.29) is 0 Å². The maximum absolute atomic E-state index is 4.84. The number of nitrogens with zero attached hydrogens (tertiary/aromatic N) is 4. The highest BCUT2D eigenvalue weighted by molar-refractivity contribution is 9.10. The summed E-state index contributed by atoms with van der Waals surface area (Å²) in [5.74, 6) is 0.786. The lowest BCUT2D eigenvalue weighted by atomic mass is 10.2. The summed E-state index contributed by atoms with van der Waals surface area (Å²) in [4.78, 5) is 4.80. The smallest absolute Gasteiger partial charge is 0.207 e. The lowest BCUT2D eigenvalue weighted by Crippen LogP contribution is -2.53. The Morgan fingerprint density at radius 1 is 0.893 bits per heavy atom. The molecule has 138 valence electrons. The van der Waals surface area contributed by atoms with Crippen molar-refractivity contribution in [1.29, 1.82) is 0 Å². The van der Waals surface area contributed by atoms with Crippen molar-refractivity contribution < 1.29 is 0 Å². The highest BCUT2D eigenvalue weighted by Gasteiger charge is 2.23. The molecular weight excluding hydrogens is 434 g/mol. The van der Waals surface area contributed by atoms with E-state index < -0.39 is 0 Å². The minimum Gasteiger partial charge on any atom is -0.276 e. The van der Waals surface area contributed by atoms with E-state index in [9.17, 15) is 0 Å². The summed E-state index contributed by atoms with van der Waals surface area (Å²) in [6.45, 7) is 0.553. The maximum atomic E-state index is 4.84. The summed E-state index contributed by atoms with van der Waals surface area (Å²) in [6, 6.07) is 26.5. The van der Waals surface area contributed by atoms with Crippen LogP contribution in [-0.2, 0) is 0 Å². The Labute approximate surface area is 175 Å². The van der Waals surface area contributed by atoms with Crippen LogP contribution in [0.4, 0.5) is 10.8 Å². The first-order valence-electron chi connectivity index (χ1n) is 8.83. The number of thiazole rings is 1. The van der Waals surface area contributed by atoms with E-state index in [0.717, 1.165) is 32.2 Å². The molecule has 1 aliphatic heterocycles. The van der Waals surface area contributed by atoms with Crippen molar-refractivity contribution in [3.63, 3.8) is 0 Å². The molecule has 0 fully saturated rings. The van der Waals surface area contributed by atoms with Crippen LogP contribution in [-0.4, -0.2) is 17.5 Å². The Morgan fingerprint density at radius 3 is 2.43 bits per heavy atom. The minimum atomic E-state index is 0.553. The Morgan fingerprint density at radius 2 is 1.64 bits per heavy atom. The molecular formula is C21H16BrN5S. The van der Waals surface area contributed by atoms with Crippen molar-refractivity contribution in [2.24, 2.45) is 5.10 Å². The van der Waals surface area contributed by atoms with Crippen molar-refractivity contribution in [1.82, 2.24) is 10.4 Å². The maximum Gasteiger partial charge on any atom is 0.207 e. The molecule has 0 spiro atoms. The molecule has 4 aromatic rings. The fraction of sp³-hybridized carbons (Fsp3) is 0.0476. The first-order chi connectivity index (χ1) is 13.8. The van der Waals surface area contributed by atoms with Crippen LogP contribution in [0, 0.1) is 0 Å². The zero-order chi connectivity index (χ0) is 18.9. The molecule has 5 nitrogen and oxygen atoms in total. The molecule has 3 aromatic carbocycles. The van der Waals surface area contributed by atoms with Gasteiger partial charge in [-0.3, -0.25) is 5.43 Å². The Hall–Kier alpha value is -2.90. The van der Waals surface area contributed by atoms with Gasteiger partial charge in [-0.05, 0) is 36.4 Å². The molecule has 0 bridgehead atoms. The van der Waals surface area contributed by atoms with Crippen LogP contribution < -0.4 is 15.4 Å². The monoisotopic (exact) mass is 449 g/mol. The number of nitrogens with one attached hydrogen (secondary N) is 1. The summed E-state index contributed by atoms with van der Waals surface area (Å²) in [5, 5.41) is 9.78. The highest BCUT2D eigenvalue weighted by atomic mass is 79.9. The van der Waals surface area contributed by atoms with Gasteiger partial charge >= 0.3 is 0 Å². The fourth-order valence-electron chi connectivity index (χ4n) is 3.03. The largest absolute Gasteiger partial charge is 0.276 e. The third-order valence-electron chi connectivity index (χ3n) is 4.42. The molecule has 0 saturated carbocycles. The Balaban J connectivity index is 1.55. The number of hydrazine groups is 1. The summed E-state index contributed by atoms with van der Waals surface area (Å²) < 4.78 is 2.21. The topological polar surface area (TPSA) is 43.8 Å². The molecule has 5 rings (SSSR count). The van der Waals surface area contributed by atoms with Crippen LogP contribution in [0.2, 0.25) is 0 Å². The fourth-order valence-corrected chi connectivity index (χ4v) is 4.21. The predicted molar refractivity (Wildman–Crippen MR) is 120 cm³/mol. The normalized spacial score (nSPS) is 14.1. The van der Waals surface area contributed by atoms with Gasteiger partial charge in [0.25, 0.3) is 0 Å². The van der Waals surface area contributed by atoms with Crippen LogP contribution >= 0.6 is 27.3 Å². The molecule has 1 aromatic heterocycles. The number of anilines is 2. The van der Waals surface area contributed by atoms with Gasteiger partial charge in [-0.2, -0.15) is 5.10 Å². The lowest BCUT2D eigenvalue weighted by Gasteiger charge is -2.34. The molecule has 0 aliphatic carbocycles. The molecule has 0 unspecified atom stereocenters. The van der Waals surface area contributed by atoms with Gasteiger partial charge in [0.05, 0.1) is 15.9 Å². The number of amidine groups is 1. The molecule has 2 heterocycles. The van der Waals surface area contributed by atoms with Gasteiger partial charge < -0.3 is 0 Å². The zero-order valence-corrected chi connectivity index (χ0v) is 17.2. The van der Waals surface area contributed by atoms with Gasteiger partial charge in [-0.25, -0.2) is 15.0 Å². The summed E-state index contributed by atoms with van der Waals surface area (Å²) in [7, 11) is 0. The SMILES string of the molecule is Brc1ccc(N2CN(c3nc4ccccc4s3)NC(c3ccccc3)=N2)cc1. The molecule has 0 saturated heterocycles. The van der Waals surface area contributed by atoms with Crippen LogP contribution in [0.25, 0.3) is 10.2 Å². The van der Waals surface area contributed by atoms with E-state index in [4.69, 9.17) is 10.1 Å². The number of halogens is 1. The summed E-state index contributed by atoms with van der Waals surface area (Å²) in [6.07, 6.45) is 0. The Kier molecular flexibility index (Phi) is 4.46. The van der Waals surface area contributed by atoms with Crippen molar-refractivity contribution in [2.75, 3.05) is 16.7 Å². The predicted octanol–water partition coefficient (Wildman–Crippen LogP) is 5.21. The van der Waals surface area contributed by atoms with E-state index in [1.165, 1.54) is 4.70 Å². The van der Waals surface area contributed by atoms with E-state index in [1.807, 2.05) is 70.7 Å². The average molecular weight is 450 g/mol. The number of fused-ring (bicyclic) bond motifs is 1. The van der Waals surface area contributed by atoms with Gasteiger partial charge in [-0.1, -0.05) is 69.7 Å². The van der Waals surface area contributed by atoms with Crippen molar-refractivity contribution in [3.8, 4) is 0 Å². The molecule has 7 heteroatoms. The minimum absolute atomic E-state index is 0.553. The number of rotatable bonds is 3. The van der Waals surface area contributed by atoms with Gasteiger partial charge in [0, 0.05) is 10.0 Å². The number of para-hydroxylation sites is 1. The second kappa shape index (κ2) is 7.26. The molecule has 0 atom stereocenters. The number of hydrazone groups is 1. The highest BCUT2D eigenvalue weighted by Crippen LogP contribution is 2.30. The average Bonchev–Trinajstić information content (AvgIpc) is 3.19. The molecule has 0 amide bonds. The molecule has 1 N–H and O–H groups in total. The molecule has 1 aliphatic rings. The number of aromatic nitrogens is 1. The molecule has 28 heavy (non-hydrogen) atoms. The van der Waals surface area contributed by atoms with E-state index in [1.54, 1.807) is 11.3 Å². The van der Waals surface area contributed by atoms with E-state index in [2.05, 4.69) is 39.6 Å². The van der Waals surface area contributed by atoms with Crippen LogP contribution in [0.1, 0.15) is 5.56 Å². The van der Waals surface area contributed by atoms with Crippen LogP contribution in [0.3, 0.4) is 0 Å². The van der Waals surface area contributed by atoms with Gasteiger partial charge in [-0.15, -0.1) is 0 Å². The van der Waals surface area contributed by atoms with Crippen molar-refractivity contribution in [2.45, 2.75) is 0 Å². The van der Waals surface area contributed by atoms with Crippen molar-refractivity contribution in [3.05, 3.63) is 88.9 Å².